The van der Waals surface area contributed by atoms with Crippen LogP contribution in [0.25, 0.3) is 0 Å². The van der Waals surface area contributed by atoms with Crippen LogP contribution in [-0.4, -0.2) is 77.1 Å². The van der Waals surface area contributed by atoms with Crippen molar-refractivity contribution >= 4 is 55.5 Å². The van der Waals surface area contributed by atoms with E-state index in [0.717, 1.165) is 18.1 Å². The van der Waals surface area contributed by atoms with Gasteiger partial charge in [0, 0.05) is 0 Å². The molecule has 2 aliphatic rings. The highest BCUT2D eigenvalue weighted by atomic mass is 79.9. The van der Waals surface area contributed by atoms with Crippen molar-refractivity contribution in [3.63, 3.8) is 0 Å². The molecule has 37 heavy (non-hydrogen) atoms. The van der Waals surface area contributed by atoms with Crippen molar-refractivity contribution in [2.75, 3.05) is 12.9 Å². The molecule has 13 heteroatoms. The number of carbonyl (C=O) groups excluding carboxylic acids is 5. The highest BCUT2D eigenvalue weighted by Crippen LogP contribution is 2.41. The summed E-state index contributed by atoms with van der Waals surface area (Å²) in [5.41, 5.74) is 0.756. The Bertz CT molecular complexity index is 1380. The molecule has 0 saturated carbocycles. The fourth-order valence-corrected chi connectivity index (χ4v) is 5.18. The average molecular weight is 593 g/mol. The van der Waals surface area contributed by atoms with Gasteiger partial charge in [-0.25, -0.2) is 4.79 Å². The number of likely N-dealkylation sites (tertiary alicyclic amines) is 1. The summed E-state index contributed by atoms with van der Waals surface area (Å²) >= 11 is 3.05. The lowest BCUT2D eigenvalue weighted by Crippen LogP contribution is -2.79. The van der Waals surface area contributed by atoms with Crippen molar-refractivity contribution in [2.45, 2.75) is 30.1 Å². The van der Waals surface area contributed by atoms with Gasteiger partial charge in [0.15, 0.2) is 5.78 Å². The number of ketones is 1. The predicted octanol–water partition coefficient (Wildman–Crippen LogP) is 1.26. The minimum atomic E-state index is -4.04. The number of fused-ring (bicyclic) bond motifs is 1. The standard InChI is InChI=1S/C24H21BrN2O9S/c1-14(28)24(25,23(32)35-12-15-8-4-3-5-9-15)27-18(13-36-37(2,33)34)19(22(27)31)26-20(29)16-10-6-7-11-17(16)21(26)30/h3-11,18-19H,12-13H2,1-2H3/t18-,19+,24?/m1/s1. The molecular formula is C24H21BrN2O9S. The molecular weight excluding hydrogens is 572 g/mol. The fourth-order valence-electron chi connectivity index (χ4n) is 4.24. The number of carbonyl (C=O) groups is 5. The van der Waals surface area contributed by atoms with Gasteiger partial charge in [0.25, 0.3) is 26.4 Å². The van der Waals surface area contributed by atoms with E-state index >= 15 is 0 Å². The van der Waals surface area contributed by atoms with Gasteiger partial charge in [-0.05, 0) is 40.5 Å². The van der Waals surface area contributed by atoms with Gasteiger partial charge >= 0.3 is 5.97 Å². The molecule has 3 amide bonds. The minimum absolute atomic E-state index is 0.0699. The molecule has 1 unspecified atom stereocenters. The first-order valence-corrected chi connectivity index (χ1v) is 13.5. The second-order valence-corrected chi connectivity index (χ2v) is 11.3. The third kappa shape index (κ3) is 4.69. The molecule has 0 spiro atoms. The monoisotopic (exact) mass is 592 g/mol. The SMILES string of the molecule is CC(=O)C(Br)(C(=O)OCc1ccccc1)N1C(=O)[C@@H](N2C(=O)c3ccccc3C2=O)[C@H]1COS(C)(=O)=O. The summed E-state index contributed by atoms with van der Waals surface area (Å²) < 4.78 is 31.3. The number of amides is 3. The summed E-state index contributed by atoms with van der Waals surface area (Å²) in [5.74, 6) is -4.46. The topological polar surface area (TPSA) is 144 Å². The van der Waals surface area contributed by atoms with Gasteiger partial charge in [0.1, 0.15) is 12.6 Å². The highest BCUT2D eigenvalue weighted by Gasteiger charge is 2.66. The first-order chi connectivity index (χ1) is 17.4. The Morgan fingerprint density at radius 2 is 1.51 bits per heavy atom. The Morgan fingerprint density at radius 1 is 0.973 bits per heavy atom. The van der Waals surface area contributed by atoms with Crippen molar-refractivity contribution in [3.8, 4) is 0 Å². The molecule has 0 bridgehead atoms. The van der Waals surface area contributed by atoms with Crippen molar-refractivity contribution in [1.82, 2.24) is 9.80 Å². The van der Waals surface area contributed by atoms with Gasteiger partial charge < -0.3 is 9.64 Å². The molecule has 2 aliphatic heterocycles. The Hall–Kier alpha value is -3.42. The maximum atomic E-state index is 13.4. The Balaban J connectivity index is 1.67. The van der Waals surface area contributed by atoms with Crippen LogP contribution in [0.5, 0.6) is 0 Å². The summed E-state index contributed by atoms with van der Waals surface area (Å²) in [6.07, 6.45) is 0.773. The molecule has 0 aliphatic carbocycles. The van der Waals surface area contributed by atoms with Crippen LogP contribution < -0.4 is 0 Å². The van der Waals surface area contributed by atoms with Crippen LogP contribution in [0.2, 0.25) is 0 Å². The maximum Gasteiger partial charge on any atom is 0.351 e. The van der Waals surface area contributed by atoms with Crippen molar-refractivity contribution in [3.05, 3.63) is 71.3 Å². The Labute approximate surface area is 220 Å². The zero-order valence-electron chi connectivity index (χ0n) is 19.6. The summed E-state index contributed by atoms with van der Waals surface area (Å²) in [6, 6.07) is 11.6. The van der Waals surface area contributed by atoms with Crippen LogP contribution in [0.15, 0.2) is 54.6 Å². The zero-order valence-corrected chi connectivity index (χ0v) is 22.0. The number of alkyl halides is 1. The number of nitrogens with zero attached hydrogens (tertiary/aromatic N) is 2. The van der Waals surface area contributed by atoms with Crippen LogP contribution in [0.1, 0.15) is 33.2 Å². The van der Waals surface area contributed by atoms with Gasteiger partial charge in [-0.1, -0.05) is 42.5 Å². The molecule has 2 heterocycles. The number of benzene rings is 2. The molecule has 11 nitrogen and oxygen atoms in total. The molecule has 0 aromatic heterocycles. The van der Waals surface area contributed by atoms with E-state index in [2.05, 4.69) is 15.9 Å². The van der Waals surface area contributed by atoms with Crippen LogP contribution in [0.3, 0.4) is 0 Å². The van der Waals surface area contributed by atoms with Crippen LogP contribution in [0.4, 0.5) is 0 Å². The van der Waals surface area contributed by atoms with E-state index in [4.69, 9.17) is 8.92 Å². The zero-order chi connectivity index (χ0) is 27.1. The normalized spacial score (nSPS) is 20.8. The molecule has 1 fully saturated rings. The maximum absolute atomic E-state index is 13.4. The van der Waals surface area contributed by atoms with E-state index in [9.17, 15) is 32.4 Å². The number of halogens is 1. The van der Waals surface area contributed by atoms with Gasteiger partial charge in [-0.15, -0.1) is 0 Å². The number of ether oxygens (including phenoxy) is 1. The van der Waals surface area contributed by atoms with Crippen LogP contribution >= 0.6 is 15.9 Å². The van der Waals surface area contributed by atoms with E-state index in [0.29, 0.717) is 10.5 Å². The van der Waals surface area contributed by atoms with Gasteiger partial charge in [-0.3, -0.25) is 28.3 Å². The molecule has 4 rings (SSSR count). The predicted molar refractivity (Wildman–Crippen MR) is 131 cm³/mol. The van der Waals surface area contributed by atoms with Crippen LogP contribution in [-0.2, 0) is 40.0 Å². The Morgan fingerprint density at radius 3 is 2.03 bits per heavy atom. The van der Waals surface area contributed by atoms with E-state index in [-0.39, 0.29) is 17.7 Å². The third-order valence-electron chi connectivity index (χ3n) is 6.02. The van der Waals surface area contributed by atoms with Crippen molar-refractivity contribution in [1.29, 1.82) is 0 Å². The average Bonchev–Trinajstić information content (AvgIpc) is 3.10. The number of hydrogen-bond donors (Lipinski definition) is 0. The van der Waals surface area contributed by atoms with Gasteiger partial charge in [0.2, 0.25) is 5.91 Å². The van der Waals surface area contributed by atoms with E-state index in [1.807, 2.05) is 0 Å². The summed E-state index contributed by atoms with van der Waals surface area (Å²) in [4.78, 5) is 66.8. The lowest BCUT2D eigenvalue weighted by Gasteiger charge is -2.53. The lowest BCUT2D eigenvalue weighted by molar-refractivity contribution is -0.178. The smallest absolute Gasteiger partial charge is 0.351 e. The summed E-state index contributed by atoms with van der Waals surface area (Å²) in [7, 11) is -4.04. The number of hydrogen-bond acceptors (Lipinski definition) is 9. The molecule has 2 aromatic carbocycles. The van der Waals surface area contributed by atoms with E-state index in [1.165, 1.54) is 12.1 Å². The number of rotatable bonds is 9. The van der Waals surface area contributed by atoms with E-state index in [1.54, 1.807) is 42.5 Å². The second-order valence-electron chi connectivity index (χ2n) is 8.47. The quantitative estimate of drug-likeness (QED) is 0.0798. The largest absolute Gasteiger partial charge is 0.458 e. The first kappa shape index (κ1) is 26.6. The first-order valence-electron chi connectivity index (χ1n) is 10.9. The number of β-lactam (4-membered cyclic amide) rings is 1. The molecule has 1 saturated heterocycles. The highest BCUT2D eigenvalue weighted by molar-refractivity contribution is 9.10. The molecule has 2 aromatic rings. The minimum Gasteiger partial charge on any atom is -0.458 e. The fraction of sp³-hybridized carbons (Fsp3) is 0.292. The molecule has 194 valence electrons. The number of Topliss-reactive ketones (excluding diaryl/α,β-unsaturated/α-hetero) is 1. The van der Waals surface area contributed by atoms with E-state index < -0.39 is 62.7 Å². The van der Waals surface area contributed by atoms with Crippen molar-refractivity contribution in [2.24, 2.45) is 0 Å². The lowest BCUT2D eigenvalue weighted by atomic mass is 9.90. The molecule has 0 N–H and O–H groups in total. The van der Waals surface area contributed by atoms with Crippen LogP contribution in [0, 0.1) is 0 Å². The third-order valence-corrected chi connectivity index (χ3v) is 7.85. The number of imide groups is 1. The Kier molecular flexibility index (Phi) is 7.06. The second kappa shape index (κ2) is 9.80. The molecule has 3 atom stereocenters. The molecule has 0 radical (unpaired) electrons. The van der Waals surface area contributed by atoms with Crippen molar-refractivity contribution < 1.29 is 41.3 Å². The van der Waals surface area contributed by atoms with Gasteiger partial charge in [-0.2, -0.15) is 8.42 Å². The summed E-state index contributed by atoms with van der Waals surface area (Å²) in [6.45, 7) is 0.0968. The number of esters is 1. The summed E-state index contributed by atoms with van der Waals surface area (Å²) in [5, 5.41) is 0. The van der Waals surface area contributed by atoms with Gasteiger partial charge in [0.05, 0.1) is 30.0 Å².